The summed E-state index contributed by atoms with van der Waals surface area (Å²) in [7, 11) is 0. The molecule has 4 nitrogen and oxygen atoms in total. The van der Waals surface area contributed by atoms with E-state index >= 15 is 0 Å². The average Bonchev–Trinajstić information content (AvgIpc) is 3.56. The monoisotopic (exact) mass is 534 g/mol. The summed E-state index contributed by atoms with van der Waals surface area (Å²) in [4.78, 5) is 0. The van der Waals surface area contributed by atoms with Gasteiger partial charge in [-0.2, -0.15) is 10.5 Å². The molecule has 0 amide bonds. The molecule has 0 unspecified atom stereocenters. The van der Waals surface area contributed by atoms with Crippen molar-refractivity contribution in [2.24, 2.45) is 0 Å². The number of nitrogens with zero attached hydrogens (tertiary/aromatic N) is 4. The van der Waals surface area contributed by atoms with E-state index in [-0.39, 0.29) is 0 Å². The Morgan fingerprint density at radius 2 is 0.952 bits per heavy atom. The summed E-state index contributed by atoms with van der Waals surface area (Å²) in [6.45, 7) is 0. The van der Waals surface area contributed by atoms with Crippen LogP contribution in [0.4, 0.5) is 0 Å². The highest BCUT2D eigenvalue weighted by Crippen LogP contribution is 2.38. The van der Waals surface area contributed by atoms with Crippen LogP contribution in [0.5, 0.6) is 0 Å². The van der Waals surface area contributed by atoms with E-state index in [1.54, 1.807) is 18.2 Å². The van der Waals surface area contributed by atoms with E-state index in [1.165, 1.54) is 16.3 Å². The van der Waals surface area contributed by atoms with E-state index in [0.717, 1.165) is 44.1 Å². The molecule has 0 saturated carbocycles. The summed E-state index contributed by atoms with van der Waals surface area (Å²) >= 11 is 0. The molecule has 0 fully saturated rings. The zero-order chi connectivity index (χ0) is 28.2. The lowest BCUT2D eigenvalue weighted by Gasteiger charge is -2.12. The highest BCUT2D eigenvalue weighted by molar-refractivity contribution is 6.12. The summed E-state index contributed by atoms with van der Waals surface area (Å²) < 4.78 is 4.39. The number of para-hydroxylation sites is 4. The average molecular weight is 535 g/mol. The van der Waals surface area contributed by atoms with Crippen LogP contribution >= 0.6 is 0 Å². The van der Waals surface area contributed by atoms with Gasteiger partial charge in [0.2, 0.25) is 0 Å². The molecule has 2 heterocycles. The first-order chi connectivity index (χ1) is 20.8. The maximum atomic E-state index is 9.94. The number of hydrogen-bond donors (Lipinski definition) is 0. The van der Waals surface area contributed by atoms with E-state index < -0.39 is 0 Å². The van der Waals surface area contributed by atoms with E-state index in [4.69, 9.17) is 0 Å². The number of aromatic nitrogens is 2. The topological polar surface area (TPSA) is 57.4 Å². The van der Waals surface area contributed by atoms with Crippen molar-refractivity contribution >= 4 is 43.6 Å². The maximum absolute atomic E-state index is 9.94. The number of hydrogen-bond acceptors (Lipinski definition) is 2. The molecular weight excluding hydrogens is 512 g/mol. The van der Waals surface area contributed by atoms with Crippen LogP contribution in [-0.2, 0) is 0 Å². The SMILES string of the molecule is N#Cc1cccc(C#N)c1-n1c2ccccc2c2cc(-c3ccc4c5ccccc5n(-c5ccccc5)c4c3)ccc21. The van der Waals surface area contributed by atoms with Gasteiger partial charge in [-0.1, -0.05) is 78.9 Å². The van der Waals surface area contributed by atoms with Crippen molar-refractivity contribution in [1.82, 2.24) is 9.13 Å². The fraction of sp³-hybridized carbons (Fsp3) is 0. The predicted molar refractivity (Wildman–Crippen MR) is 170 cm³/mol. The van der Waals surface area contributed by atoms with Gasteiger partial charge in [0.25, 0.3) is 0 Å². The van der Waals surface area contributed by atoms with Crippen LogP contribution in [0, 0.1) is 22.7 Å². The van der Waals surface area contributed by atoms with Crippen LogP contribution < -0.4 is 0 Å². The van der Waals surface area contributed by atoms with Crippen molar-refractivity contribution in [3.63, 3.8) is 0 Å². The zero-order valence-electron chi connectivity index (χ0n) is 22.5. The standard InChI is InChI=1S/C38H22N4/c39-23-27-9-8-10-28(24-40)38(27)42-35-16-7-5-14-31(35)33-21-25(18-20-36(33)42)26-17-19-32-30-13-4-6-15-34(30)41(37(32)22-26)29-11-2-1-3-12-29/h1-22H. The lowest BCUT2D eigenvalue weighted by Crippen LogP contribution is -2.01. The van der Waals surface area contributed by atoms with Crippen LogP contribution in [0.25, 0.3) is 66.1 Å². The molecule has 0 aliphatic carbocycles. The summed E-state index contributed by atoms with van der Waals surface area (Å²) in [6, 6.07) is 50.3. The van der Waals surface area contributed by atoms with Crippen LogP contribution in [0.3, 0.4) is 0 Å². The van der Waals surface area contributed by atoms with Gasteiger partial charge < -0.3 is 9.13 Å². The Morgan fingerprint density at radius 3 is 1.67 bits per heavy atom. The first-order valence-corrected chi connectivity index (χ1v) is 13.8. The fourth-order valence-corrected chi connectivity index (χ4v) is 6.36. The highest BCUT2D eigenvalue weighted by atomic mass is 15.0. The van der Waals surface area contributed by atoms with Gasteiger partial charge in [0.05, 0.1) is 38.9 Å². The molecule has 0 aliphatic heterocycles. The van der Waals surface area contributed by atoms with E-state index in [0.29, 0.717) is 16.8 Å². The minimum Gasteiger partial charge on any atom is -0.309 e. The molecule has 194 valence electrons. The lowest BCUT2D eigenvalue weighted by atomic mass is 10.0. The smallest absolute Gasteiger partial charge is 0.101 e. The van der Waals surface area contributed by atoms with Crippen molar-refractivity contribution in [3.05, 3.63) is 145 Å². The molecule has 0 radical (unpaired) electrons. The van der Waals surface area contributed by atoms with Gasteiger partial charge in [0, 0.05) is 27.2 Å². The third-order valence-electron chi connectivity index (χ3n) is 8.19. The van der Waals surface area contributed by atoms with Crippen molar-refractivity contribution in [2.45, 2.75) is 0 Å². The zero-order valence-corrected chi connectivity index (χ0v) is 22.5. The molecule has 0 atom stereocenters. The van der Waals surface area contributed by atoms with Gasteiger partial charge in [-0.15, -0.1) is 0 Å². The third-order valence-corrected chi connectivity index (χ3v) is 8.19. The quantitative estimate of drug-likeness (QED) is 0.227. The Labute approximate surface area is 242 Å². The largest absolute Gasteiger partial charge is 0.309 e. The first-order valence-electron chi connectivity index (χ1n) is 13.8. The lowest BCUT2D eigenvalue weighted by molar-refractivity contribution is 1.15. The molecule has 42 heavy (non-hydrogen) atoms. The Hall–Kier alpha value is -6.10. The molecular formula is C38H22N4. The van der Waals surface area contributed by atoms with Gasteiger partial charge in [-0.05, 0) is 65.7 Å². The fourth-order valence-electron chi connectivity index (χ4n) is 6.36. The van der Waals surface area contributed by atoms with E-state index in [1.807, 2.05) is 18.2 Å². The third kappa shape index (κ3) is 3.40. The van der Waals surface area contributed by atoms with Crippen LogP contribution in [0.15, 0.2) is 133 Å². The van der Waals surface area contributed by atoms with E-state index in [2.05, 4.69) is 118 Å². The highest BCUT2D eigenvalue weighted by Gasteiger charge is 2.19. The molecule has 0 aliphatic rings. The molecule has 6 aromatic carbocycles. The van der Waals surface area contributed by atoms with E-state index in [9.17, 15) is 10.5 Å². The summed E-state index contributed by atoms with van der Waals surface area (Å²) in [5.41, 5.74) is 9.17. The second-order valence-corrected chi connectivity index (χ2v) is 10.4. The summed E-state index contributed by atoms with van der Waals surface area (Å²) in [5.74, 6) is 0. The van der Waals surface area contributed by atoms with Gasteiger partial charge >= 0.3 is 0 Å². The number of benzene rings is 6. The Morgan fingerprint density at radius 1 is 0.405 bits per heavy atom. The van der Waals surface area contributed by atoms with Crippen LogP contribution in [0.1, 0.15) is 11.1 Å². The van der Waals surface area contributed by atoms with Crippen molar-refractivity contribution in [2.75, 3.05) is 0 Å². The van der Waals surface area contributed by atoms with Gasteiger partial charge in [0.15, 0.2) is 0 Å². The second-order valence-electron chi connectivity index (χ2n) is 10.4. The van der Waals surface area contributed by atoms with Crippen LogP contribution in [-0.4, -0.2) is 9.13 Å². The van der Waals surface area contributed by atoms with Gasteiger partial charge in [-0.3, -0.25) is 0 Å². The van der Waals surface area contributed by atoms with Crippen molar-refractivity contribution in [3.8, 4) is 34.6 Å². The minimum atomic E-state index is 0.472. The molecule has 4 heteroatoms. The molecule has 0 spiro atoms. The Bertz CT molecular complexity index is 2400. The summed E-state index contributed by atoms with van der Waals surface area (Å²) in [5, 5.41) is 24.5. The first kappa shape index (κ1) is 23.8. The van der Waals surface area contributed by atoms with Crippen molar-refractivity contribution < 1.29 is 0 Å². The van der Waals surface area contributed by atoms with Gasteiger partial charge in [-0.25, -0.2) is 0 Å². The Kier molecular flexibility index (Phi) is 5.22. The molecule has 8 rings (SSSR count). The molecule has 0 N–H and O–H groups in total. The van der Waals surface area contributed by atoms with Crippen molar-refractivity contribution in [1.29, 1.82) is 10.5 Å². The molecule has 8 aromatic rings. The number of fused-ring (bicyclic) bond motifs is 6. The number of nitriles is 2. The molecule has 2 aromatic heterocycles. The Balaban J connectivity index is 1.39. The van der Waals surface area contributed by atoms with Crippen LogP contribution in [0.2, 0.25) is 0 Å². The minimum absolute atomic E-state index is 0.472. The predicted octanol–water partition coefficient (Wildman–Crippen LogP) is 9.29. The molecule has 0 saturated heterocycles. The second kappa shape index (κ2) is 9.24. The summed E-state index contributed by atoms with van der Waals surface area (Å²) in [6.07, 6.45) is 0. The van der Waals surface area contributed by atoms with Gasteiger partial charge in [0.1, 0.15) is 12.1 Å². The maximum Gasteiger partial charge on any atom is 0.101 e. The number of rotatable bonds is 3. The normalized spacial score (nSPS) is 11.3. The molecule has 0 bridgehead atoms.